The third kappa shape index (κ3) is 3.61. The minimum atomic E-state index is -0.884. The van der Waals surface area contributed by atoms with Crippen LogP contribution in [0.15, 0.2) is 0 Å². The number of fused-ring (bicyclic) bond motifs is 6. The summed E-state index contributed by atoms with van der Waals surface area (Å²) in [6.45, 7) is 10.6. The Morgan fingerprint density at radius 1 is 0.536 bits per heavy atom. The predicted octanol–water partition coefficient (Wildman–Crippen LogP) is 0.510. The van der Waals surface area contributed by atoms with Crippen molar-refractivity contribution in [2.24, 2.45) is 16.2 Å². The lowest BCUT2D eigenvalue weighted by Gasteiger charge is -2.51. The highest BCUT2D eigenvalue weighted by molar-refractivity contribution is 4.91. The van der Waals surface area contributed by atoms with Crippen LogP contribution in [0.4, 0.5) is 0 Å². The first kappa shape index (κ1) is 19.6. The maximum absolute atomic E-state index is 6.07. The number of hydrogen-bond donors (Lipinski definition) is 0. The molecule has 7 aliphatic rings. The zero-order valence-electron chi connectivity index (χ0n) is 16.7. The molecule has 160 valence electrons. The first-order valence-corrected chi connectivity index (χ1v) is 9.93. The lowest BCUT2D eigenvalue weighted by molar-refractivity contribution is -0.463. The van der Waals surface area contributed by atoms with E-state index in [1.807, 2.05) is 0 Å². The number of hydrogen-bond acceptors (Lipinski definition) is 9. The van der Waals surface area contributed by atoms with Gasteiger partial charge in [0.25, 0.3) is 11.9 Å². The second-order valence-corrected chi connectivity index (χ2v) is 9.44. The highest BCUT2D eigenvalue weighted by Gasteiger charge is 2.52. The van der Waals surface area contributed by atoms with Gasteiger partial charge in [-0.1, -0.05) is 0 Å². The van der Waals surface area contributed by atoms with Crippen LogP contribution in [0.25, 0.3) is 0 Å². The van der Waals surface area contributed by atoms with E-state index < -0.39 is 11.9 Å². The molecule has 0 atom stereocenters. The van der Waals surface area contributed by atoms with Crippen molar-refractivity contribution in [3.8, 4) is 0 Å². The van der Waals surface area contributed by atoms with Crippen molar-refractivity contribution >= 4 is 0 Å². The summed E-state index contributed by atoms with van der Waals surface area (Å²) in [5.41, 5.74) is -0.577. The Bertz CT molecular complexity index is 495. The van der Waals surface area contributed by atoms with E-state index in [-0.39, 0.29) is 16.2 Å². The first-order valence-electron chi connectivity index (χ1n) is 9.93. The maximum atomic E-state index is 6.07. The van der Waals surface area contributed by atoms with E-state index in [4.69, 9.17) is 42.6 Å². The predicted molar refractivity (Wildman–Crippen MR) is 92.3 cm³/mol. The SMILES string of the molecule is CC12OCC(COCC3(COCC45COC(C)(OC4)OC5)COC3)(CO1)CO2. The average Bonchev–Trinajstić information content (AvgIpc) is 2.68. The molecule has 0 aromatic carbocycles. The first-order chi connectivity index (χ1) is 13.4. The summed E-state index contributed by atoms with van der Waals surface area (Å²) in [4.78, 5) is 0. The average molecular weight is 402 g/mol. The Morgan fingerprint density at radius 2 is 0.893 bits per heavy atom. The molecule has 9 nitrogen and oxygen atoms in total. The molecule has 4 bridgehead atoms. The Balaban J connectivity index is 1.07. The molecule has 0 saturated carbocycles. The van der Waals surface area contributed by atoms with E-state index in [2.05, 4.69) is 0 Å². The van der Waals surface area contributed by atoms with Gasteiger partial charge in [-0.3, -0.25) is 0 Å². The molecule has 0 unspecified atom stereocenters. The molecule has 7 rings (SSSR count). The summed E-state index contributed by atoms with van der Waals surface area (Å²) < 4.78 is 51.5. The Morgan fingerprint density at radius 3 is 1.18 bits per heavy atom. The summed E-state index contributed by atoms with van der Waals surface area (Å²) in [5.74, 6) is -1.77. The maximum Gasteiger partial charge on any atom is 0.279 e. The van der Waals surface area contributed by atoms with Gasteiger partial charge < -0.3 is 42.6 Å². The van der Waals surface area contributed by atoms with Gasteiger partial charge in [-0.25, -0.2) is 0 Å². The summed E-state index contributed by atoms with van der Waals surface area (Å²) >= 11 is 0. The monoisotopic (exact) mass is 402 g/mol. The fraction of sp³-hybridized carbons (Fsp3) is 1.00. The summed E-state index contributed by atoms with van der Waals surface area (Å²) in [6.07, 6.45) is 0. The second-order valence-electron chi connectivity index (χ2n) is 9.44. The van der Waals surface area contributed by atoms with E-state index in [1.165, 1.54) is 0 Å². The van der Waals surface area contributed by atoms with Crippen LogP contribution < -0.4 is 0 Å². The van der Waals surface area contributed by atoms with Crippen molar-refractivity contribution in [1.82, 2.24) is 0 Å². The molecule has 0 aromatic rings. The normalized spacial score (nSPS) is 46.5. The van der Waals surface area contributed by atoms with Crippen molar-refractivity contribution in [2.45, 2.75) is 25.8 Å². The van der Waals surface area contributed by atoms with Crippen LogP contribution in [0.1, 0.15) is 13.8 Å². The summed E-state index contributed by atoms with van der Waals surface area (Å²) in [6, 6.07) is 0. The zero-order valence-corrected chi connectivity index (χ0v) is 16.7. The van der Waals surface area contributed by atoms with Gasteiger partial charge in [-0.2, -0.15) is 0 Å². The standard InChI is InChI=1S/C19H30O9/c1-15-23-9-18(10-24-15,11-25-15)7-21-5-17(3-20-4-17)6-22-8-19-12-26-16(2,27-13-19)28-14-19/h3-14H2,1-2H3. The molecule has 28 heavy (non-hydrogen) atoms. The largest absolute Gasteiger partial charge is 0.380 e. The molecule has 0 amide bonds. The smallest absolute Gasteiger partial charge is 0.279 e. The molecule has 7 saturated heterocycles. The van der Waals surface area contributed by atoms with E-state index in [0.717, 1.165) is 0 Å². The molecule has 0 aliphatic carbocycles. The lowest BCUT2D eigenvalue weighted by atomic mass is 9.86. The fourth-order valence-electron chi connectivity index (χ4n) is 4.02. The quantitative estimate of drug-likeness (QED) is 0.577. The minimum Gasteiger partial charge on any atom is -0.380 e. The minimum absolute atomic E-state index is 0.117. The number of rotatable bonds is 8. The molecule has 7 aliphatic heterocycles. The van der Waals surface area contributed by atoms with Crippen LogP contribution in [0, 0.1) is 16.2 Å². The van der Waals surface area contributed by atoms with E-state index >= 15 is 0 Å². The molecule has 0 aromatic heterocycles. The van der Waals surface area contributed by atoms with E-state index in [1.54, 1.807) is 13.8 Å². The molecule has 7 fully saturated rings. The van der Waals surface area contributed by atoms with Gasteiger partial charge in [0, 0.05) is 13.8 Å². The summed E-state index contributed by atoms with van der Waals surface area (Å²) in [7, 11) is 0. The van der Waals surface area contributed by atoms with Gasteiger partial charge in [0.1, 0.15) is 0 Å². The second kappa shape index (κ2) is 6.83. The third-order valence-electron chi connectivity index (χ3n) is 6.29. The van der Waals surface area contributed by atoms with E-state index in [0.29, 0.717) is 79.3 Å². The molecule has 0 N–H and O–H groups in total. The van der Waals surface area contributed by atoms with Crippen LogP contribution in [-0.4, -0.2) is 91.2 Å². The van der Waals surface area contributed by atoms with Gasteiger partial charge in [-0.05, 0) is 0 Å². The molecular weight excluding hydrogens is 372 g/mol. The van der Waals surface area contributed by atoms with Gasteiger partial charge >= 0.3 is 0 Å². The van der Waals surface area contributed by atoms with Crippen LogP contribution in [-0.2, 0) is 42.6 Å². The van der Waals surface area contributed by atoms with Crippen LogP contribution in [0.5, 0.6) is 0 Å². The van der Waals surface area contributed by atoms with E-state index in [9.17, 15) is 0 Å². The highest BCUT2D eigenvalue weighted by atomic mass is 16.9. The van der Waals surface area contributed by atoms with Crippen LogP contribution in [0.3, 0.4) is 0 Å². The van der Waals surface area contributed by atoms with Gasteiger partial charge in [0.15, 0.2) is 0 Å². The Hall–Kier alpha value is -0.360. The van der Waals surface area contributed by atoms with Crippen molar-refractivity contribution in [1.29, 1.82) is 0 Å². The molecule has 0 radical (unpaired) electrons. The van der Waals surface area contributed by atoms with Gasteiger partial charge in [0.2, 0.25) is 0 Å². The van der Waals surface area contributed by atoms with Crippen LogP contribution in [0.2, 0.25) is 0 Å². The van der Waals surface area contributed by atoms with Crippen molar-refractivity contribution in [3.63, 3.8) is 0 Å². The lowest BCUT2D eigenvalue weighted by Crippen LogP contribution is -2.61. The third-order valence-corrected chi connectivity index (χ3v) is 6.29. The van der Waals surface area contributed by atoms with Crippen LogP contribution >= 0.6 is 0 Å². The van der Waals surface area contributed by atoms with Crippen molar-refractivity contribution in [2.75, 3.05) is 79.3 Å². The molecular formula is C19H30O9. The van der Waals surface area contributed by atoms with Gasteiger partial charge in [0.05, 0.1) is 95.5 Å². The molecule has 0 spiro atoms. The Kier molecular flexibility index (Phi) is 4.78. The van der Waals surface area contributed by atoms with Crippen molar-refractivity contribution in [3.05, 3.63) is 0 Å². The molecule has 9 heteroatoms. The number of ether oxygens (including phenoxy) is 9. The highest BCUT2D eigenvalue weighted by Crippen LogP contribution is 2.40. The van der Waals surface area contributed by atoms with Crippen molar-refractivity contribution < 1.29 is 42.6 Å². The van der Waals surface area contributed by atoms with Gasteiger partial charge in [-0.15, -0.1) is 0 Å². The Labute approximate surface area is 164 Å². The fourth-order valence-corrected chi connectivity index (χ4v) is 4.02. The zero-order chi connectivity index (χ0) is 19.3. The summed E-state index contributed by atoms with van der Waals surface area (Å²) in [5, 5.41) is 0. The molecule has 7 heterocycles. The topological polar surface area (TPSA) is 83.1 Å².